The number of oxazole rings is 1. The molecule has 6 nitrogen and oxygen atoms in total. The van der Waals surface area contributed by atoms with Gasteiger partial charge in [0.15, 0.2) is 23.8 Å². The molecule has 31 heavy (non-hydrogen) atoms. The van der Waals surface area contributed by atoms with Crippen LogP contribution in [0.3, 0.4) is 0 Å². The molecule has 158 valence electrons. The number of nitrogens with zero attached hydrogens (tertiary/aromatic N) is 4. The lowest BCUT2D eigenvalue weighted by Crippen LogP contribution is -2.34. The van der Waals surface area contributed by atoms with E-state index in [1.807, 2.05) is 43.3 Å². The van der Waals surface area contributed by atoms with Gasteiger partial charge in [-0.25, -0.2) is 19.3 Å². The number of hydrogen-bond donors (Lipinski definition) is 1. The predicted octanol–water partition coefficient (Wildman–Crippen LogP) is 4.29. The minimum absolute atomic E-state index is 0.0559. The molecule has 2 heterocycles. The molecule has 0 bridgehead atoms. The van der Waals surface area contributed by atoms with Gasteiger partial charge in [-0.1, -0.05) is 48.5 Å². The maximum Gasteiger partial charge on any atom is 0.181 e. The number of aromatic nitrogens is 3. The van der Waals surface area contributed by atoms with Crippen molar-refractivity contribution in [2.24, 2.45) is 5.73 Å². The average Bonchev–Trinajstić information content (AvgIpc) is 3.30. The van der Waals surface area contributed by atoms with Crippen LogP contribution >= 0.6 is 0 Å². The summed E-state index contributed by atoms with van der Waals surface area (Å²) in [5.41, 5.74) is 10.3. The third kappa shape index (κ3) is 5.59. The second kappa shape index (κ2) is 9.59. The van der Waals surface area contributed by atoms with Crippen LogP contribution < -0.4 is 5.73 Å². The van der Waals surface area contributed by atoms with Crippen molar-refractivity contribution >= 4 is 0 Å². The molecule has 0 aliphatic heterocycles. The van der Waals surface area contributed by atoms with Gasteiger partial charge in [0, 0.05) is 36.8 Å². The van der Waals surface area contributed by atoms with E-state index in [9.17, 15) is 4.39 Å². The van der Waals surface area contributed by atoms with Crippen molar-refractivity contribution in [3.63, 3.8) is 0 Å². The molecule has 2 aromatic heterocycles. The minimum atomic E-state index is -0.444. The van der Waals surface area contributed by atoms with Crippen molar-refractivity contribution in [2.75, 3.05) is 6.54 Å². The number of nitrogens with two attached hydrogens (primary N) is 1. The maximum atomic E-state index is 13.0. The summed E-state index contributed by atoms with van der Waals surface area (Å²) in [4.78, 5) is 14.4. The molecule has 0 aliphatic rings. The summed E-state index contributed by atoms with van der Waals surface area (Å²) in [5, 5.41) is 0. The molecule has 2 N–H and O–H groups in total. The molecule has 0 amide bonds. The Kier molecular flexibility index (Phi) is 6.45. The summed E-state index contributed by atoms with van der Waals surface area (Å²) >= 11 is 0. The molecule has 4 aromatic rings. The van der Waals surface area contributed by atoms with Gasteiger partial charge in [-0.15, -0.1) is 0 Å². The third-order valence-corrected chi connectivity index (χ3v) is 4.86. The van der Waals surface area contributed by atoms with E-state index in [4.69, 9.17) is 10.2 Å². The Morgan fingerprint density at radius 1 is 0.903 bits per heavy atom. The molecule has 4 rings (SSSR count). The van der Waals surface area contributed by atoms with E-state index in [0.29, 0.717) is 5.82 Å². The second-order valence-corrected chi connectivity index (χ2v) is 7.63. The van der Waals surface area contributed by atoms with Crippen LogP contribution in [-0.4, -0.2) is 32.4 Å². The van der Waals surface area contributed by atoms with E-state index in [0.717, 1.165) is 42.1 Å². The second-order valence-electron chi connectivity index (χ2n) is 7.63. The van der Waals surface area contributed by atoms with Gasteiger partial charge < -0.3 is 10.2 Å². The summed E-state index contributed by atoms with van der Waals surface area (Å²) in [5.74, 6) is 0.817. The van der Waals surface area contributed by atoms with Gasteiger partial charge in [-0.05, 0) is 18.1 Å². The highest BCUT2D eigenvalue weighted by Crippen LogP contribution is 2.21. The first-order chi connectivity index (χ1) is 15.1. The zero-order chi connectivity index (χ0) is 21.6. The van der Waals surface area contributed by atoms with Crippen molar-refractivity contribution in [2.45, 2.75) is 26.1 Å². The molecular weight excluding hydrogens is 393 g/mol. The molecule has 1 atom stereocenters. The van der Waals surface area contributed by atoms with Gasteiger partial charge in [0.1, 0.15) is 0 Å². The van der Waals surface area contributed by atoms with Crippen molar-refractivity contribution in [3.05, 3.63) is 90.5 Å². The summed E-state index contributed by atoms with van der Waals surface area (Å²) < 4.78 is 18.4. The minimum Gasteiger partial charge on any atom is -0.444 e. The topological polar surface area (TPSA) is 81.1 Å². The Morgan fingerprint density at radius 2 is 1.48 bits per heavy atom. The van der Waals surface area contributed by atoms with E-state index in [2.05, 4.69) is 32.0 Å². The first-order valence-electron chi connectivity index (χ1n) is 10.1. The molecule has 0 spiro atoms. The van der Waals surface area contributed by atoms with Gasteiger partial charge in [0.2, 0.25) is 0 Å². The Bertz CT molecular complexity index is 1080. The zero-order valence-corrected chi connectivity index (χ0v) is 17.3. The monoisotopic (exact) mass is 417 g/mol. The van der Waals surface area contributed by atoms with Gasteiger partial charge in [0.25, 0.3) is 0 Å². The SMILES string of the molecule is C[C@H](N)CN(Cc1ccc(-c2ncc(F)cn2)cc1)Cc1ccc(-c2cnco2)cc1. The molecule has 0 fully saturated rings. The Hall–Kier alpha value is -3.42. The lowest BCUT2D eigenvalue weighted by atomic mass is 10.1. The van der Waals surface area contributed by atoms with Crippen LogP contribution in [0.1, 0.15) is 18.1 Å². The fourth-order valence-electron chi connectivity index (χ4n) is 3.46. The van der Waals surface area contributed by atoms with Crippen molar-refractivity contribution in [3.8, 4) is 22.7 Å². The number of rotatable bonds is 8. The molecule has 0 saturated heterocycles. The number of halogens is 1. The fraction of sp³-hybridized carbons (Fsp3) is 0.208. The summed E-state index contributed by atoms with van der Waals surface area (Å²) in [6, 6.07) is 16.3. The van der Waals surface area contributed by atoms with Crippen LogP contribution in [0.15, 0.2) is 77.9 Å². The first kappa shape index (κ1) is 20.8. The highest BCUT2D eigenvalue weighted by atomic mass is 19.1. The molecule has 0 saturated carbocycles. The van der Waals surface area contributed by atoms with Gasteiger partial charge in [0.05, 0.1) is 18.6 Å². The summed E-state index contributed by atoms with van der Waals surface area (Å²) in [6.07, 6.45) is 5.49. The van der Waals surface area contributed by atoms with E-state index < -0.39 is 5.82 Å². The van der Waals surface area contributed by atoms with E-state index in [-0.39, 0.29) is 6.04 Å². The highest BCUT2D eigenvalue weighted by molar-refractivity contribution is 5.56. The molecule has 0 radical (unpaired) electrons. The molecule has 2 aromatic carbocycles. The Morgan fingerprint density at radius 3 is 2.00 bits per heavy atom. The standard InChI is InChI=1S/C24H24FN5O/c1-17(26)13-30(14-18-2-6-20(7-3-18)23-12-27-16-31-23)15-19-4-8-21(9-5-19)24-28-10-22(25)11-29-24/h2-12,16-17H,13-15,26H2,1H3/t17-/m0/s1. The average molecular weight is 417 g/mol. The van der Waals surface area contributed by atoms with Gasteiger partial charge in [-0.2, -0.15) is 0 Å². The van der Waals surface area contributed by atoms with Crippen LogP contribution in [0.25, 0.3) is 22.7 Å². The van der Waals surface area contributed by atoms with E-state index in [1.54, 1.807) is 6.20 Å². The zero-order valence-electron chi connectivity index (χ0n) is 17.3. The van der Waals surface area contributed by atoms with Crippen LogP contribution in [0.2, 0.25) is 0 Å². The lowest BCUT2D eigenvalue weighted by Gasteiger charge is -2.24. The third-order valence-electron chi connectivity index (χ3n) is 4.86. The van der Waals surface area contributed by atoms with Crippen molar-refractivity contribution < 1.29 is 8.81 Å². The Balaban J connectivity index is 1.44. The van der Waals surface area contributed by atoms with Crippen LogP contribution in [-0.2, 0) is 13.1 Å². The van der Waals surface area contributed by atoms with Crippen molar-refractivity contribution in [1.82, 2.24) is 19.9 Å². The Labute approximate surface area is 180 Å². The summed E-state index contributed by atoms with van der Waals surface area (Å²) in [7, 11) is 0. The van der Waals surface area contributed by atoms with E-state index in [1.165, 1.54) is 24.4 Å². The van der Waals surface area contributed by atoms with Crippen LogP contribution in [0.4, 0.5) is 4.39 Å². The molecule has 0 unspecified atom stereocenters. The lowest BCUT2D eigenvalue weighted by molar-refractivity contribution is 0.244. The predicted molar refractivity (Wildman–Crippen MR) is 117 cm³/mol. The largest absolute Gasteiger partial charge is 0.444 e. The maximum absolute atomic E-state index is 13.0. The fourth-order valence-corrected chi connectivity index (χ4v) is 3.46. The van der Waals surface area contributed by atoms with Gasteiger partial charge in [-0.3, -0.25) is 4.90 Å². The normalized spacial score (nSPS) is 12.3. The van der Waals surface area contributed by atoms with Gasteiger partial charge >= 0.3 is 0 Å². The van der Waals surface area contributed by atoms with Crippen molar-refractivity contribution in [1.29, 1.82) is 0 Å². The molecular formula is C24H24FN5O. The summed E-state index contributed by atoms with van der Waals surface area (Å²) in [6.45, 7) is 4.32. The number of benzene rings is 2. The van der Waals surface area contributed by atoms with E-state index >= 15 is 0 Å². The smallest absolute Gasteiger partial charge is 0.181 e. The van der Waals surface area contributed by atoms with Crippen LogP contribution in [0, 0.1) is 5.82 Å². The van der Waals surface area contributed by atoms with Crippen LogP contribution in [0.5, 0.6) is 0 Å². The number of hydrogen-bond acceptors (Lipinski definition) is 6. The first-order valence-corrected chi connectivity index (χ1v) is 10.1. The quantitative estimate of drug-likeness (QED) is 0.461. The molecule has 7 heteroatoms. The highest BCUT2D eigenvalue weighted by Gasteiger charge is 2.11. The molecule has 0 aliphatic carbocycles.